The molecule has 0 bridgehead atoms. The van der Waals surface area contributed by atoms with Gasteiger partial charge in [-0.3, -0.25) is 38.8 Å². The number of amides is 4. The molecule has 5 heterocycles. The molecular weight excluding hydrogens is 696 g/mol. The van der Waals surface area contributed by atoms with Gasteiger partial charge in [-0.15, -0.1) is 5.10 Å². The van der Waals surface area contributed by atoms with Crippen LogP contribution in [0.5, 0.6) is 17.2 Å². The van der Waals surface area contributed by atoms with Gasteiger partial charge in [-0.2, -0.15) is 5.32 Å². The number of pyridine rings is 2. The van der Waals surface area contributed by atoms with Gasteiger partial charge in [0.2, 0.25) is 0 Å². The first kappa shape index (κ1) is 36.0. The Labute approximate surface area is 309 Å². The molecule has 0 unspecified atom stereocenters. The van der Waals surface area contributed by atoms with Crippen molar-refractivity contribution in [2.45, 2.75) is 0 Å². The predicted molar refractivity (Wildman–Crippen MR) is 181 cm³/mol. The van der Waals surface area contributed by atoms with Crippen LogP contribution in [0.3, 0.4) is 0 Å². The first-order valence-electron chi connectivity index (χ1n) is 15.1. The van der Waals surface area contributed by atoms with Crippen LogP contribution >= 0.6 is 0 Å². The van der Waals surface area contributed by atoms with E-state index in [9.17, 15) is 24.0 Å². The summed E-state index contributed by atoms with van der Waals surface area (Å²) in [5.74, 6) is -3.09. The van der Waals surface area contributed by atoms with Crippen molar-refractivity contribution in [3.8, 4) is 28.4 Å². The Hall–Kier alpha value is -6.42. The van der Waals surface area contributed by atoms with E-state index in [4.69, 9.17) is 14.2 Å². The summed E-state index contributed by atoms with van der Waals surface area (Å²) >= 11 is 0. The molecule has 5 aromatic rings. The molecule has 16 nitrogen and oxygen atoms in total. The van der Waals surface area contributed by atoms with Gasteiger partial charge >= 0.3 is 0 Å². The molecule has 2 aliphatic rings. The number of hydrogen-bond donors (Lipinski definition) is 0. The SMILES string of the molecule is [CH2]Oc1cc(-c2cn([CH2])c(=O)c3cnccc23)cc(O[CH2])c1[C]N([CH2])[C][C][C]n1cc([C]Oc2ccc3c(c2)C(=O)N([C]2[C][C]C(=O)[N]C2=O)C3=O)nn1. The third kappa shape index (κ3) is 6.90. The topological polar surface area (TPSA) is 182 Å². The Balaban J connectivity index is 0.946. The van der Waals surface area contributed by atoms with E-state index in [0.29, 0.717) is 32.4 Å². The van der Waals surface area contributed by atoms with Gasteiger partial charge in [-0.05, 0) is 47.3 Å². The molecule has 3 aromatic heterocycles. The number of imide groups is 2. The Bertz CT molecular complexity index is 2340. The lowest BCUT2D eigenvalue weighted by molar-refractivity contribution is -0.130. The molecule has 16 heteroatoms. The summed E-state index contributed by atoms with van der Waals surface area (Å²) in [7, 11) is 14.7. The lowest BCUT2D eigenvalue weighted by atomic mass is 9.99. The maximum absolute atomic E-state index is 13.0. The predicted octanol–water partition coefficient (Wildman–Crippen LogP) is 2.25. The molecule has 258 valence electrons. The molecule has 4 amide bonds. The van der Waals surface area contributed by atoms with E-state index in [-0.39, 0.29) is 39.6 Å². The molecule has 1 fully saturated rings. The number of nitrogens with zero attached hydrogens (tertiary/aromatic N) is 8. The maximum Gasteiger partial charge on any atom is 0.279 e. The van der Waals surface area contributed by atoms with Gasteiger partial charge in [-0.1, -0.05) is 5.21 Å². The van der Waals surface area contributed by atoms with Crippen LogP contribution < -0.4 is 25.1 Å². The van der Waals surface area contributed by atoms with E-state index in [1.54, 1.807) is 30.6 Å². The van der Waals surface area contributed by atoms with Crippen LogP contribution in [0.4, 0.5) is 0 Å². The first-order chi connectivity index (χ1) is 26.1. The van der Waals surface area contributed by atoms with Crippen molar-refractivity contribution in [1.29, 1.82) is 0 Å². The van der Waals surface area contributed by atoms with Crippen LogP contribution in [0.1, 0.15) is 32.0 Å². The molecule has 1 saturated heterocycles. The van der Waals surface area contributed by atoms with Crippen LogP contribution in [0.2, 0.25) is 0 Å². The van der Waals surface area contributed by atoms with Crippen LogP contribution in [-0.4, -0.2) is 58.0 Å². The van der Waals surface area contributed by atoms with Crippen LogP contribution in [0, 0.1) is 79.9 Å². The normalized spacial score (nSPS) is 14.6. The number of ether oxygens (including phenoxy) is 3. The second-order valence-corrected chi connectivity index (χ2v) is 11.0. The highest BCUT2D eigenvalue weighted by molar-refractivity contribution is 6.26. The Morgan fingerprint density at radius 2 is 1.63 bits per heavy atom. The molecule has 0 spiro atoms. The molecule has 2 aromatic carbocycles. The fourth-order valence-corrected chi connectivity index (χ4v) is 5.32. The Morgan fingerprint density at radius 3 is 2.37 bits per heavy atom. The number of benzene rings is 2. The highest BCUT2D eigenvalue weighted by Gasteiger charge is 2.47. The van der Waals surface area contributed by atoms with Crippen molar-refractivity contribution in [2.75, 3.05) is 0 Å². The van der Waals surface area contributed by atoms with E-state index < -0.39 is 29.7 Å². The number of hydrogen-bond acceptors (Lipinski definition) is 12. The number of rotatable bonds is 13. The summed E-state index contributed by atoms with van der Waals surface area (Å²) in [6.45, 7) is 10.8. The summed E-state index contributed by atoms with van der Waals surface area (Å²) in [6, 6.07) is 8.57. The maximum atomic E-state index is 13.0. The van der Waals surface area contributed by atoms with Gasteiger partial charge in [0.05, 0.1) is 41.2 Å². The highest BCUT2D eigenvalue weighted by Crippen LogP contribution is 2.39. The summed E-state index contributed by atoms with van der Waals surface area (Å²) in [5, 5.41) is 12.0. The third-order valence-electron chi connectivity index (χ3n) is 7.73. The summed E-state index contributed by atoms with van der Waals surface area (Å²) < 4.78 is 18.6. The van der Waals surface area contributed by atoms with Gasteiger partial charge in [0.1, 0.15) is 50.3 Å². The van der Waals surface area contributed by atoms with E-state index >= 15 is 0 Å². The molecule has 2 aliphatic heterocycles. The lowest BCUT2D eigenvalue weighted by Gasteiger charge is -2.24. The van der Waals surface area contributed by atoms with Crippen LogP contribution in [0.15, 0.2) is 66.0 Å². The number of fused-ring (bicyclic) bond motifs is 2. The number of carbonyl (C=O) groups is 4. The first-order valence-corrected chi connectivity index (χ1v) is 15.1. The summed E-state index contributed by atoms with van der Waals surface area (Å²) in [6.07, 6.45) is 12.9. The summed E-state index contributed by atoms with van der Waals surface area (Å²) in [5.41, 5.74) is 1.31. The van der Waals surface area contributed by atoms with Gasteiger partial charge in [0.25, 0.3) is 35.8 Å². The fraction of sp³-hybridized carbons (Fsp3) is 0. The van der Waals surface area contributed by atoms with E-state index in [2.05, 4.69) is 94.4 Å². The summed E-state index contributed by atoms with van der Waals surface area (Å²) in [4.78, 5) is 67.6. The minimum atomic E-state index is -1.08. The zero-order valence-electron chi connectivity index (χ0n) is 27.4. The van der Waals surface area contributed by atoms with Gasteiger partial charge in [0, 0.05) is 51.1 Å². The molecule has 0 aliphatic carbocycles. The second-order valence-electron chi connectivity index (χ2n) is 11.0. The fourth-order valence-electron chi connectivity index (χ4n) is 5.32. The second kappa shape index (κ2) is 14.9. The monoisotopic (exact) mass is 714 g/mol. The number of aromatic nitrogens is 5. The third-order valence-corrected chi connectivity index (χ3v) is 7.73. The Morgan fingerprint density at radius 1 is 0.870 bits per heavy atom. The van der Waals surface area contributed by atoms with Crippen molar-refractivity contribution in [2.24, 2.45) is 0 Å². The van der Waals surface area contributed by atoms with Crippen molar-refractivity contribution >= 4 is 34.4 Å². The van der Waals surface area contributed by atoms with E-state index in [1.165, 1.54) is 35.2 Å². The average molecular weight is 715 g/mol. The largest absolute Gasteiger partial charge is 0.490 e. The average Bonchev–Trinajstić information content (AvgIpc) is 3.73. The van der Waals surface area contributed by atoms with Crippen LogP contribution in [-0.2, 0) is 9.59 Å². The molecule has 20 radical (unpaired) electrons. The van der Waals surface area contributed by atoms with Crippen molar-refractivity contribution in [1.82, 2.24) is 39.7 Å². The molecule has 54 heavy (non-hydrogen) atoms. The molecule has 0 saturated carbocycles. The van der Waals surface area contributed by atoms with Crippen LogP contribution in [0.25, 0.3) is 21.9 Å². The highest BCUT2D eigenvalue weighted by atomic mass is 16.5. The minimum absolute atomic E-state index is 0.00186. The smallest absolute Gasteiger partial charge is 0.279 e. The number of carbonyl (C=O) groups excluding carboxylic acids is 4. The molecular formula is C38H18N8O8. The van der Waals surface area contributed by atoms with Gasteiger partial charge in [-0.25, -0.2) is 4.68 Å². The zero-order chi connectivity index (χ0) is 38.1. The quantitative estimate of drug-likeness (QED) is 0.128. The van der Waals surface area contributed by atoms with Crippen molar-refractivity contribution < 1.29 is 33.4 Å². The zero-order valence-corrected chi connectivity index (χ0v) is 27.4. The molecule has 0 N–H and O–H groups in total. The minimum Gasteiger partial charge on any atom is -0.490 e. The molecule has 7 rings (SSSR count). The number of piperidine rings is 1. The van der Waals surface area contributed by atoms with Crippen molar-refractivity contribution in [3.05, 3.63) is 174 Å². The van der Waals surface area contributed by atoms with Crippen molar-refractivity contribution in [3.63, 3.8) is 0 Å². The molecule has 0 atom stereocenters. The lowest BCUT2D eigenvalue weighted by Crippen LogP contribution is -2.46. The Kier molecular flexibility index (Phi) is 9.92. The standard InChI is InChI=1S/C38H18N8O8/c1-43(19-30-32(52-3)14-22(15-33(30)53-4)29-20-44(2)36(49)28-17-39-11-10-25(28)29)12-5-13-45-18-23(41-42-45)21-54-24-6-7-26-27(16-24)38(51)46(37(26)50)31-8-9-34(47)40-35(31)48/h6-7,10-11,14-18,20H,1-4H2. The van der Waals surface area contributed by atoms with Gasteiger partial charge < -0.3 is 18.8 Å². The van der Waals surface area contributed by atoms with E-state index in [0.717, 1.165) is 9.58 Å². The van der Waals surface area contributed by atoms with E-state index in [1.807, 2.05) is 0 Å². The van der Waals surface area contributed by atoms with Gasteiger partial charge in [0.15, 0.2) is 6.04 Å².